The van der Waals surface area contributed by atoms with Gasteiger partial charge >= 0.3 is 11.8 Å². The van der Waals surface area contributed by atoms with Gasteiger partial charge in [0.15, 0.2) is 17.3 Å². The third-order valence-corrected chi connectivity index (χ3v) is 13.2. The number of benzene rings is 2. The van der Waals surface area contributed by atoms with Crippen LogP contribution in [0, 0.1) is 24.0 Å². The highest BCUT2D eigenvalue weighted by molar-refractivity contribution is 6.03. The number of anilines is 1. The number of nitrogens with zero attached hydrogens (tertiary/aromatic N) is 6. The van der Waals surface area contributed by atoms with E-state index in [2.05, 4.69) is 27.5 Å². The molecule has 11 nitrogen and oxygen atoms in total. The number of phenolic OH excluding ortho intramolecular Hbond substituents is 1. The first kappa shape index (κ1) is 42.6. The van der Waals surface area contributed by atoms with E-state index in [-0.39, 0.29) is 45.7 Å². The monoisotopic (exact) mass is 836 g/mol. The van der Waals surface area contributed by atoms with Crippen LogP contribution in [0.15, 0.2) is 37.9 Å². The molecule has 3 aromatic heterocycles. The quantitative estimate of drug-likeness (QED) is 0.0903. The van der Waals surface area contributed by atoms with Gasteiger partial charge in [-0.15, -0.1) is 6.42 Å². The number of pyridine rings is 1. The molecule has 0 saturated carbocycles. The predicted octanol–water partition coefficient (Wildman–Crippen LogP) is 9.32. The number of ether oxygens (including phenoxy) is 1. The van der Waals surface area contributed by atoms with Crippen molar-refractivity contribution in [1.29, 1.82) is 0 Å². The van der Waals surface area contributed by atoms with E-state index in [1.807, 2.05) is 13.8 Å². The highest BCUT2D eigenvalue weighted by Gasteiger charge is 2.45. The first-order chi connectivity index (χ1) is 29.7. The van der Waals surface area contributed by atoms with Crippen molar-refractivity contribution in [3.05, 3.63) is 69.3 Å². The summed E-state index contributed by atoms with van der Waals surface area (Å²) in [6.45, 7) is 11.0. The first-order valence-electron chi connectivity index (χ1n) is 22.6. The van der Waals surface area contributed by atoms with Gasteiger partial charge in [0.05, 0.1) is 28.7 Å². The summed E-state index contributed by atoms with van der Waals surface area (Å²) in [5, 5.41) is 12.1. The zero-order valence-electron chi connectivity index (χ0n) is 35.8. The molecule has 7 heterocycles. The second-order valence-electron chi connectivity index (χ2n) is 16.9. The number of unbranched alkanes of at least 4 members (excludes halogenated alkanes) is 5. The molecular formula is C48H58F2N6O5. The van der Waals surface area contributed by atoms with Crippen LogP contribution in [0.1, 0.15) is 121 Å². The topological polar surface area (TPSA) is 121 Å². The maximum absolute atomic E-state index is 17.5. The van der Waals surface area contributed by atoms with Crippen LogP contribution in [0.4, 0.5) is 14.6 Å². The van der Waals surface area contributed by atoms with Crippen molar-refractivity contribution in [2.45, 2.75) is 129 Å². The van der Waals surface area contributed by atoms with Crippen LogP contribution in [0.5, 0.6) is 11.8 Å². The van der Waals surface area contributed by atoms with Gasteiger partial charge in [-0.2, -0.15) is 9.97 Å². The van der Waals surface area contributed by atoms with Crippen LogP contribution in [0.25, 0.3) is 32.9 Å². The van der Waals surface area contributed by atoms with Crippen LogP contribution in [-0.2, 0) is 19.4 Å². The first-order valence-corrected chi connectivity index (χ1v) is 22.6. The van der Waals surface area contributed by atoms with Crippen LogP contribution < -0.4 is 15.5 Å². The number of aromatic nitrogens is 3. The van der Waals surface area contributed by atoms with Gasteiger partial charge in [0.1, 0.15) is 35.2 Å². The summed E-state index contributed by atoms with van der Waals surface area (Å²) in [4.78, 5) is 34.2. The fourth-order valence-electron chi connectivity index (χ4n) is 10.3. The van der Waals surface area contributed by atoms with Crippen molar-refractivity contribution >= 4 is 27.5 Å². The van der Waals surface area contributed by atoms with Crippen LogP contribution in [0.3, 0.4) is 0 Å². The SMILES string of the molecule is C#Cc1c(F)ccc2cc(O)cc(-c3nc4c5c(nc(OCC67CCCN6CCC7)nc5c3F)N3CCN(Cc5oc(=O)oc5CCCCCCCC)CC3CCC4)c12.CC. The van der Waals surface area contributed by atoms with Crippen LogP contribution in [0.2, 0.25) is 0 Å². The van der Waals surface area contributed by atoms with E-state index in [1.165, 1.54) is 49.9 Å². The van der Waals surface area contributed by atoms with E-state index in [4.69, 9.17) is 34.9 Å². The number of rotatable bonds is 13. The van der Waals surface area contributed by atoms with Gasteiger partial charge in [-0.05, 0) is 88.0 Å². The minimum atomic E-state index is -0.721. The molecule has 0 amide bonds. The third-order valence-electron chi connectivity index (χ3n) is 13.2. The summed E-state index contributed by atoms with van der Waals surface area (Å²) in [5.41, 5.74) is 0.683. The Hall–Kier alpha value is -5.06. The predicted molar refractivity (Wildman–Crippen MR) is 233 cm³/mol. The van der Waals surface area contributed by atoms with Gasteiger partial charge < -0.3 is 23.6 Å². The average Bonchev–Trinajstić information content (AvgIpc) is 3.95. The molecule has 3 saturated heterocycles. The molecule has 0 radical (unpaired) electrons. The highest BCUT2D eigenvalue weighted by Crippen LogP contribution is 2.43. The van der Waals surface area contributed by atoms with Gasteiger partial charge in [0, 0.05) is 43.0 Å². The normalized spacial score (nSPS) is 18.6. The number of terminal acetylenes is 1. The summed E-state index contributed by atoms with van der Waals surface area (Å²) in [5.74, 6) is 2.11. The van der Waals surface area contributed by atoms with E-state index >= 15 is 8.78 Å². The summed E-state index contributed by atoms with van der Waals surface area (Å²) in [6.07, 6.45) is 19.6. The van der Waals surface area contributed by atoms with Gasteiger partial charge in [-0.3, -0.25) is 9.80 Å². The van der Waals surface area contributed by atoms with Gasteiger partial charge in [-0.25, -0.2) is 18.6 Å². The number of phenols is 1. The minimum absolute atomic E-state index is 0.0150. The van der Waals surface area contributed by atoms with Gasteiger partial charge in [0.25, 0.3) is 0 Å². The maximum Gasteiger partial charge on any atom is 0.519 e. The molecule has 0 aliphatic carbocycles. The summed E-state index contributed by atoms with van der Waals surface area (Å²) >= 11 is 0. The molecular weight excluding hydrogens is 779 g/mol. The Morgan fingerprint density at radius 2 is 1.72 bits per heavy atom. The number of aromatic hydroxyl groups is 1. The van der Waals surface area contributed by atoms with Crippen LogP contribution >= 0.6 is 0 Å². The fraction of sp³-hybridized carbons (Fsp3) is 0.542. The second-order valence-corrected chi connectivity index (χ2v) is 16.9. The standard InChI is InChI=1S/C46H52F2N6O5.C2H6/c1-3-5-6-7-8-9-15-36-37(59-45(56)58-36)27-52-22-23-54-30(26-52)13-10-14-35-39-42(50-44(51-43(39)54)57-28-46-18-11-20-53(46)21-12-19-46)40(48)41(49-35)33-25-31(55)24-29-16-17-34(47)32(4-2)38(29)33;1-2/h2,16-17,24-25,30,55H,3,5-15,18-23,26-28H2,1H3;1-2H3. The average molecular weight is 837 g/mol. The lowest BCUT2D eigenvalue weighted by molar-refractivity contribution is 0.107. The van der Waals surface area contributed by atoms with E-state index in [1.54, 1.807) is 0 Å². The van der Waals surface area contributed by atoms with E-state index in [0.717, 1.165) is 64.5 Å². The van der Waals surface area contributed by atoms with Crippen molar-refractivity contribution in [2.75, 3.05) is 44.2 Å². The van der Waals surface area contributed by atoms with Crippen molar-refractivity contribution in [2.24, 2.45) is 0 Å². The number of fused-ring (bicyclic) bond motifs is 4. The molecule has 3 fully saturated rings. The van der Waals surface area contributed by atoms with Crippen molar-refractivity contribution < 1.29 is 27.5 Å². The van der Waals surface area contributed by atoms with Crippen molar-refractivity contribution in [1.82, 2.24) is 24.8 Å². The Bertz CT molecular complexity index is 2470. The smallest absolute Gasteiger partial charge is 0.508 e. The van der Waals surface area contributed by atoms with Gasteiger partial charge in [0.2, 0.25) is 0 Å². The zero-order chi connectivity index (χ0) is 42.7. The molecule has 4 aliphatic heterocycles. The summed E-state index contributed by atoms with van der Waals surface area (Å²) in [6, 6.07) is 5.75. The fourth-order valence-corrected chi connectivity index (χ4v) is 10.3. The Balaban J connectivity index is 0.00000253. The lowest BCUT2D eigenvalue weighted by atomic mass is 9.94. The minimum Gasteiger partial charge on any atom is -0.508 e. The molecule has 13 heteroatoms. The second kappa shape index (κ2) is 18.5. The molecule has 0 bridgehead atoms. The molecule has 2 aromatic carbocycles. The number of piperazine rings is 1. The zero-order valence-corrected chi connectivity index (χ0v) is 35.8. The Morgan fingerprint density at radius 1 is 0.951 bits per heavy atom. The molecule has 1 unspecified atom stereocenters. The molecule has 1 atom stereocenters. The van der Waals surface area contributed by atoms with E-state index < -0.39 is 17.5 Å². The highest BCUT2D eigenvalue weighted by atomic mass is 19.1. The maximum atomic E-state index is 17.5. The molecule has 61 heavy (non-hydrogen) atoms. The lowest BCUT2D eigenvalue weighted by Crippen LogP contribution is -2.53. The van der Waals surface area contributed by atoms with Gasteiger partial charge in [-0.1, -0.05) is 64.9 Å². The van der Waals surface area contributed by atoms with E-state index in [0.29, 0.717) is 84.8 Å². The van der Waals surface area contributed by atoms with Crippen molar-refractivity contribution in [3.63, 3.8) is 0 Å². The Labute approximate surface area is 356 Å². The summed E-state index contributed by atoms with van der Waals surface area (Å²) < 4.78 is 50.3. The van der Waals surface area contributed by atoms with Crippen LogP contribution in [-0.4, -0.2) is 80.8 Å². The van der Waals surface area contributed by atoms with Crippen molar-refractivity contribution in [3.8, 4) is 35.4 Å². The molecule has 9 rings (SSSR count). The number of halogens is 2. The molecule has 1 N–H and O–H groups in total. The molecule has 4 aliphatic rings. The molecule has 5 aromatic rings. The summed E-state index contributed by atoms with van der Waals surface area (Å²) in [7, 11) is 0. The number of aryl methyl sites for hydroxylation is 2. The number of hydrogen-bond acceptors (Lipinski definition) is 11. The largest absolute Gasteiger partial charge is 0.519 e. The number of hydrogen-bond donors (Lipinski definition) is 1. The Morgan fingerprint density at radius 3 is 2.51 bits per heavy atom. The molecule has 0 spiro atoms. The lowest BCUT2D eigenvalue weighted by Gasteiger charge is -2.43. The van der Waals surface area contributed by atoms with E-state index in [9.17, 15) is 9.90 Å². The third kappa shape index (κ3) is 8.46. The molecule has 324 valence electrons. The Kier molecular flexibility index (Phi) is 12.9.